The monoisotopic (exact) mass is 975 g/mol. The molecule has 0 saturated carbocycles. The first-order chi connectivity index (χ1) is 30.5. The van der Waals surface area contributed by atoms with Gasteiger partial charge < -0.3 is 61.8 Å². The van der Waals surface area contributed by atoms with Crippen LogP contribution in [0.3, 0.4) is 0 Å². The fourth-order valence-electron chi connectivity index (χ4n) is 5.34. The van der Waals surface area contributed by atoms with Crippen LogP contribution >= 0.6 is 34.8 Å². The molecule has 0 spiro atoms. The molecule has 0 saturated heterocycles. The maximum absolute atomic E-state index is 13.0. The van der Waals surface area contributed by atoms with E-state index in [1.165, 1.54) is 24.3 Å². The van der Waals surface area contributed by atoms with Crippen molar-refractivity contribution < 1.29 is 28.5 Å². The Labute approximate surface area is 392 Å². The minimum atomic E-state index is -0.856. The van der Waals surface area contributed by atoms with E-state index in [4.69, 9.17) is 80.7 Å². The van der Waals surface area contributed by atoms with Crippen LogP contribution in [-0.4, -0.2) is 52.9 Å². The molecule has 0 atom stereocenters. The standard InChI is InChI=1S/C10H13ClN4O.C10H13FN4O.C10H13N5O3.C9H10Cl2N4O/c2*1-5-3-7(11)4-6(2)8(5)14-10(16)15-9(12)13;1-5-3-6(2)8(7(4-5)15(17)18)13-10(16)14-9(11)12;1-4-2-5(10)3-6(11)7(4)14-9(16)15-8(12)13/h2*3-4H,1-2H3,(H5,12,13,14,15,16);3-4H,1-2H3,(H5,11,12,13,14,16);2-3H,1H3,(H5,12,13,14,15,16). The molecule has 354 valence electrons. The van der Waals surface area contributed by atoms with Gasteiger partial charge in [0.05, 0.1) is 15.6 Å². The minimum absolute atomic E-state index is 0.0839. The number of benzene rings is 4. The lowest BCUT2D eigenvalue weighted by atomic mass is 10.1. The van der Waals surface area contributed by atoms with Gasteiger partial charge in [-0.2, -0.15) is 20.0 Å². The smallest absolute Gasteiger partial charge is 0.348 e. The molecule has 0 aliphatic carbocycles. The number of nitrogens with zero attached hydrogens (tertiary/aromatic N) is 5. The number of aliphatic imine (C=N–C) groups is 4. The number of nitrogens with two attached hydrogens (primary N) is 8. The van der Waals surface area contributed by atoms with E-state index in [0.29, 0.717) is 48.8 Å². The summed E-state index contributed by atoms with van der Waals surface area (Å²) in [5.74, 6) is -1.69. The molecular weight excluding hydrogens is 928 g/mol. The summed E-state index contributed by atoms with van der Waals surface area (Å²) in [4.78, 5) is 68.7. The topological polar surface area (TPSA) is 417 Å². The van der Waals surface area contributed by atoms with Crippen molar-refractivity contribution in [2.75, 3.05) is 21.3 Å². The summed E-state index contributed by atoms with van der Waals surface area (Å²) < 4.78 is 13.0. The molecule has 0 aliphatic heterocycles. The van der Waals surface area contributed by atoms with Crippen LogP contribution in [0.2, 0.25) is 15.1 Å². The number of amides is 8. The highest BCUT2D eigenvalue weighted by Crippen LogP contribution is 2.31. The molecule has 0 unspecified atom stereocenters. The summed E-state index contributed by atoms with van der Waals surface area (Å²) in [7, 11) is 0. The number of carbonyl (C=O) groups is 4. The van der Waals surface area contributed by atoms with Crippen LogP contribution in [0, 0.1) is 64.4 Å². The third kappa shape index (κ3) is 20.0. The van der Waals surface area contributed by atoms with E-state index in [1.54, 1.807) is 58.9 Å². The van der Waals surface area contributed by atoms with Crippen LogP contribution in [0.5, 0.6) is 0 Å². The molecule has 23 nitrogen and oxygen atoms in total. The number of guanidine groups is 4. The van der Waals surface area contributed by atoms with Gasteiger partial charge in [-0.25, -0.2) is 23.6 Å². The Morgan fingerprint density at radius 1 is 0.485 bits per heavy atom. The lowest BCUT2D eigenvalue weighted by Gasteiger charge is -2.10. The van der Waals surface area contributed by atoms with Crippen molar-refractivity contribution in [3.05, 3.63) is 118 Å². The number of nitro benzene ring substituents is 1. The Morgan fingerprint density at radius 2 is 0.773 bits per heavy atom. The summed E-state index contributed by atoms with van der Waals surface area (Å²) in [6.07, 6.45) is 0. The molecular formula is C39H49Cl3FN17O6. The third-order valence-corrected chi connectivity index (χ3v) is 8.49. The van der Waals surface area contributed by atoms with Gasteiger partial charge in [-0.15, -0.1) is 0 Å². The zero-order chi connectivity index (χ0) is 50.7. The SMILES string of the molecule is Cc1cc(C)c(NC(=O)N=C(N)N)c([N+](=O)[O-])c1.Cc1cc(Cl)cc(C)c1NC(=O)N=C(N)N.Cc1cc(Cl)cc(Cl)c1NC(=O)N=C(N)N.Cc1cc(F)cc(C)c1NC(=O)N=C(N)N. The van der Waals surface area contributed by atoms with E-state index in [2.05, 4.69) is 41.2 Å². The maximum atomic E-state index is 13.0. The van der Waals surface area contributed by atoms with Gasteiger partial charge in [0.2, 0.25) is 0 Å². The van der Waals surface area contributed by atoms with E-state index >= 15 is 0 Å². The average Bonchev–Trinajstić information content (AvgIpc) is 3.13. The molecule has 4 aromatic carbocycles. The molecule has 0 radical (unpaired) electrons. The highest BCUT2D eigenvalue weighted by Gasteiger charge is 2.19. The highest BCUT2D eigenvalue weighted by atomic mass is 35.5. The van der Waals surface area contributed by atoms with E-state index in [1.807, 2.05) is 13.8 Å². The highest BCUT2D eigenvalue weighted by molar-refractivity contribution is 6.37. The molecule has 4 aromatic rings. The average molecular weight is 977 g/mol. The maximum Gasteiger partial charge on any atom is 0.348 e. The Morgan fingerprint density at radius 3 is 1.11 bits per heavy atom. The molecule has 66 heavy (non-hydrogen) atoms. The van der Waals surface area contributed by atoms with Gasteiger partial charge in [-0.3, -0.25) is 15.4 Å². The molecule has 0 fully saturated rings. The van der Waals surface area contributed by atoms with Crippen molar-refractivity contribution in [1.82, 2.24) is 0 Å². The van der Waals surface area contributed by atoms with Crippen LogP contribution < -0.4 is 67.1 Å². The lowest BCUT2D eigenvalue weighted by molar-refractivity contribution is -0.384. The summed E-state index contributed by atoms with van der Waals surface area (Å²) in [5.41, 5.74) is 46.9. The van der Waals surface area contributed by atoms with Crippen molar-refractivity contribution in [3.8, 4) is 0 Å². The van der Waals surface area contributed by atoms with Gasteiger partial charge >= 0.3 is 24.1 Å². The number of anilines is 4. The minimum Gasteiger partial charge on any atom is -0.370 e. The molecule has 4 rings (SSSR count). The summed E-state index contributed by atoms with van der Waals surface area (Å²) >= 11 is 17.5. The second-order valence-corrected chi connectivity index (χ2v) is 14.8. The number of nitrogens with one attached hydrogen (secondary N) is 4. The van der Waals surface area contributed by atoms with Gasteiger partial charge in [0.1, 0.15) is 11.5 Å². The van der Waals surface area contributed by atoms with Crippen molar-refractivity contribution in [2.24, 2.45) is 65.8 Å². The van der Waals surface area contributed by atoms with Gasteiger partial charge in [0, 0.05) is 27.5 Å². The zero-order valence-electron chi connectivity index (χ0n) is 36.4. The van der Waals surface area contributed by atoms with Crippen LogP contribution in [0.4, 0.5) is 52.0 Å². The fraction of sp³-hybridized carbons (Fsp3) is 0.179. The van der Waals surface area contributed by atoms with E-state index in [0.717, 1.165) is 22.3 Å². The van der Waals surface area contributed by atoms with Crippen LogP contribution in [0.25, 0.3) is 0 Å². The second-order valence-electron chi connectivity index (χ2n) is 13.5. The van der Waals surface area contributed by atoms with E-state index in [-0.39, 0.29) is 35.1 Å². The fourth-order valence-corrected chi connectivity index (χ4v) is 6.31. The van der Waals surface area contributed by atoms with E-state index < -0.39 is 35.0 Å². The number of carbonyl (C=O) groups excluding carboxylic acids is 4. The van der Waals surface area contributed by atoms with Gasteiger partial charge in [-0.1, -0.05) is 40.9 Å². The Balaban J connectivity index is 0.000000441. The number of hydrogen-bond acceptors (Lipinski definition) is 6. The van der Waals surface area contributed by atoms with E-state index in [9.17, 15) is 33.7 Å². The van der Waals surface area contributed by atoms with Crippen molar-refractivity contribution >= 4 is 111 Å². The van der Waals surface area contributed by atoms with Crippen molar-refractivity contribution in [1.29, 1.82) is 0 Å². The molecule has 0 aliphatic rings. The first-order valence-electron chi connectivity index (χ1n) is 18.4. The molecule has 8 amide bonds. The molecule has 20 N–H and O–H groups in total. The number of halogens is 4. The number of rotatable bonds is 5. The predicted molar refractivity (Wildman–Crippen MR) is 260 cm³/mol. The number of urea groups is 4. The zero-order valence-corrected chi connectivity index (χ0v) is 38.7. The van der Waals surface area contributed by atoms with Gasteiger partial charge in [-0.05, 0) is 124 Å². The Bertz CT molecular complexity index is 2340. The second kappa shape index (κ2) is 26.0. The summed E-state index contributed by atoms with van der Waals surface area (Å²) in [6, 6.07) is 9.55. The quantitative estimate of drug-likeness (QED) is 0.0463. The Hall–Kier alpha value is -7.96. The van der Waals surface area contributed by atoms with Crippen LogP contribution in [0.15, 0.2) is 68.5 Å². The molecule has 0 bridgehead atoms. The number of aryl methyl sites for hydroxylation is 7. The van der Waals surface area contributed by atoms with Crippen LogP contribution in [0.1, 0.15) is 38.9 Å². The molecule has 0 heterocycles. The Kier molecular flexibility index (Phi) is 22.1. The molecule has 0 aromatic heterocycles. The third-order valence-electron chi connectivity index (χ3n) is 7.75. The first kappa shape index (κ1) is 56.1. The van der Waals surface area contributed by atoms with Gasteiger partial charge in [0.15, 0.2) is 23.8 Å². The van der Waals surface area contributed by atoms with Crippen molar-refractivity contribution in [2.45, 2.75) is 48.5 Å². The lowest BCUT2D eigenvalue weighted by Crippen LogP contribution is -2.25. The summed E-state index contributed by atoms with van der Waals surface area (Å²) in [5, 5.41) is 22.2. The van der Waals surface area contributed by atoms with Crippen molar-refractivity contribution in [3.63, 3.8) is 0 Å². The van der Waals surface area contributed by atoms with Crippen LogP contribution in [-0.2, 0) is 0 Å². The molecule has 27 heteroatoms. The number of hydrogen-bond donors (Lipinski definition) is 12. The largest absolute Gasteiger partial charge is 0.370 e. The summed E-state index contributed by atoms with van der Waals surface area (Å²) in [6.45, 7) is 12.2. The first-order valence-corrected chi connectivity index (χ1v) is 19.5. The predicted octanol–water partition coefficient (Wildman–Crippen LogP) is 6.13. The normalized spacial score (nSPS) is 9.68. The van der Waals surface area contributed by atoms with Gasteiger partial charge in [0.25, 0.3) is 5.69 Å². The number of nitro groups is 1.